The Balaban J connectivity index is 1.90. The van der Waals surface area contributed by atoms with Gasteiger partial charge >= 0.3 is 11.9 Å². The molecule has 0 aliphatic carbocycles. The number of rotatable bonds is 3. The van der Waals surface area contributed by atoms with Crippen molar-refractivity contribution in [2.45, 2.75) is 45.8 Å². The van der Waals surface area contributed by atoms with Crippen LogP contribution in [0.25, 0.3) is 0 Å². The topological polar surface area (TPSA) is 72.9 Å². The van der Waals surface area contributed by atoms with Crippen molar-refractivity contribution in [2.75, 3.05) is 5.75 Å². The van der Waals surface area contributed by atoms with Crippen molar-refractivity contribution >= 4 is 29.6 Å². The molecular formula is C14H19NO5S. The van der Waals surface area contributed by atoms with Crippen molar-refractivity contribution in [3.63, 3.8) is 0 Å². The molecule has 2 heterocycles. The predicted octanol–water partition coefficient (Wildman–Crippen LogP) is 1.65. The maximum absolute atomic E-state index is 12.0. The van der Waals surface area contributed by atoms with Gasteiger partial charge in [0.05, 0.1) is 22.8 Å². The van der Waals surface area contributed by atoms with Gasteiger partial charge in [-0.1, -0.05) is 0 Å². The smallest absolute Gasteiger partial charge is 0.339 e. The van der Waals surface area contributed by atoms with Crippen LogP contribution in [0, 0.1) is 5.41 Å². The fourth-order valence-electron chi connectivity index (χ4n) is 1.78. The van der Waals surface area contributed by atoms with Gasteiger partial charge in [0, 0.05) is 18.9 Å². The summed E-state index contributed by atoms with van der Waals surface area (Å²) in [5.74, 6) is -0.500. The van der Waals surface area contributed by atoms with E-state index in [0.717, 1.165) is 0 Å². The van der Waals surface area contributed by atoms with Crippen molar-refractivity contribution in [1.29, 1.82) is 0 Å². The first kappa shape index (κ1) is 15.9. The minimum absolute atomic E-state index is 0.00436. The molecule has 116 valence electrons. The Bertz CT molecular complexity index is 508. The number of fused-ring (bicyclic) bond motifs is 1. The van der Waals surface area contributed by atoms with Crippen LogP contribution in [-0.2, 0) is 23.9 Å². The minimum Gasteiger partial charge on any atom is -0.425 e. The Kier molecular flexibility index (Phi) is 4.32. The highest BCUT2D eigenvalue weighted by atomic mass is 32.2. The first-order chi connectivity index (χ1) is 9.68. The molecule has 0 aromatic carbocycles. The van der Waals surface area contributed by atoms with Gasteiger partial charge in [0.2, 0.25) is 12.2 Å². The molecule has 7 heteroatoms. The summed E-state index contributed by atoms with van der Waals surface area (Å²) in [6, 6.07) is 0. The number of amides is 1. The summed E-state index contributed by atoms with van der Waals surface area (Å²) in [5.41, 5.74) is -0.249. The van der Waals surface area contributed by atoms with Crippen LogP contribution in [0.1, 0.15) is 34.1 Å². The highest BCUT2D eigenvalue weighted by molar-refractivity contribution is 8.00. The molecule has 2 aliphatic heterocycles. The molecule has 2 aliphatic rings. The van der Waals surface area contributed by atoms with Crippen molar-refractivity contribution < 1.29 is 23.9 Å². The van der Waals surface area contributed by atoms with Gasteiger partial charge in [0.25, 0.3) is 0 Å². The average Bonchev–Trinajstić information content (AvgIpc) is 2.36. The number of ether oxygens (including phenoxy) is 2. The number of hydrogen-bond acceptors (Lipinski definition) is 6. The SMILES string of the molecule is CC(OC(=O)C1=CN2C(=O)C[C@H]2SC1)OC(=O)C(C)(C)C. The molecule has 1 unspecified atom stereocenters. The molecule has 0 aromatic rings. The van der Waals surface area contributed by atoms with Gasteiger partial charge in [-0.3, -0.25) is 9.59 Å². The zero-order valence-electron chi connectivity index (χ0n) is 12.5. The molecule has 2 atom stereocenters. The number of hydrogen-bond donors (Lipinski definition) is 0. The van der Waals surface area contributed by atoms with Gasteiger partial charge in [-0.25, -0.2) is 4.79 Å². The van der Waals surface area contributed by atoms with Crippen molar-refractivity contribution in [3.8, 4) is 0 Å². The molecule has 0 N–H and O–H groups in total. The first-order valence-electron chi connectivity index (χ1n) is 6.74. The van der Waals surface area contributed by atoms with Gasteiger partial charge in [0.15, 0.2) is 0 Å². The molecule has 1 amide bonds. The standard InChI is InChI=1S/C14H19NO5S/c1-8(20-13(18)14(2,3)4)19-12(17)9-6-15-10(16)5-11(15)21-7-9/h6,8,11H,5,7H2,1-4H3/t8?,11-/m1/s1. The summed E-state index contributed by atoms with van der Waals surface area (Å²) in [4.78, 5) is 36.6. The van der Waals surface area contributed by atoms with E-state index < -0.39 is 23.6 Å². The lowest BCUT2D eigenvalue weighted by atomic mass is 9.97. The van der Waals surface area contributed by atoms with Gasteiger partial charge in [-0.15, -0.1) is 11.8 Å². The second-order valence-electron chi connectivity index (χ2n) is 6.05. The largest absolute Gasteiger partial charge is 0.425 e. The monoisotopic (exact) mass is 313 g/mol. The lowest BCUT2D eigenvalue weighted by molar-refractivity contribution is -0.188. The van der Waals surface area contributed by atoms with Gasteiger partial charge in [0.1, 0.15) is 0 Å². The molecule has 1 fully saturated rings. The third-order valence-electron chi connectivity index (χ3n) is 3.09. The van der Waals surface area contributed by atoms with E-state index in [1.807, 2.05) is 0 Å². The number of β-lactam (4-membered cyclic amide) rings is 1. The summed E-state index contributed by atoms with van der Waals surface area (Å²) in [6.45, 7) is 6.66. The fourth-order valence-corrected chi connectivity index (χ4v) is 2.94. The maximum atomic E-state index is 12.0. The summed E-state index contributed by atoms with van der Waals surface area (Å²) >= 11 is 1.53. The van der Waals surface area contributed by atoms with E-state index in [9.17, 15) is 14.4 Å². The highest BCUT2D eigenvalue weighted by Gasteiger charge is 2.39. The number of carbonyl (C=O) groups is 3. The molecule has 6 nitrogen and oxygen atoms in total. The summed E-state index contributed by atoms with van der Waals surface area (Å²) in [5, 5.41) is 0.144. The van der Waals surface area contributed by atoms with Crippen LogP contribution in [0.15, 0.2) is 11.8 Å². The number of nitrogens with zero attached hydrogens (tertiary/aromatic N) is 1. The van der Waals surface area contributed by atoms with Crippen LogP contribution in [0.4, 0.5) is 0 Å². The molecule has 0 radical (unpaired) electrons. The second-order valence-corrected chi connectivity index (χ2v) is 7.22. The van der Waals surface area contributed by atoms with Crippen molar-refractivity contribution in [3.05, 3.63) is 11.8 Å². The predicted molar refractivity (Wildman–Crippen MR) is 76.9 cm³/mol. The average molecular weight is 313 g/mol. The van der Waals surface area contributed by atoms with Crippen LogP contribution in [0.2, 0.25) is 0 Å². The van der Waals surface area contributed by atoms with Crippen molar-refractivity contribution in [1.82, 2.24) is 4.90 Å². The van der Waals surface area contributed by atoms with E-state index in [-0.39, 0.29) is 11.3 Å². The van der Waals surface area contributed by atoms with E-state index in [1.165, 1.54) is 29.8 Å². The number of thioether (sulfide) groups is 1. The quantitative estimate of drug-likeness (QED) is 0.448. The summed E-state index contributed by atoms with van der Waals surface area (Å²) < 4.78 is 10.2. The van der Waals surface area contributed by atoms with Crippen LogP contribution in [0.5, 0.6) is 0 Å². The third kappa shape index (κ3) is 3.58. The molecule has 1 saturated heterocycles. The molecule has 21 heavy (non-hydrogen) atoms. The Hall–Kier alpha value is -1.50. The molecule has 0 aromatic heterocycles. The third-order valence-corrected chi connectivity index (χ3v) is 4.35. The Morgan fingerprint density at radius 2 is 2.05 bits per heavy atom. The Morgan fingerprint density at radius 3 is 2.62 bits per heavy atom. The van der Waals surface area contributed by atoms with E-state index in [1.54, 1.807) is 20.8 Å². The highest BCUT2D eigenvalue weighted by Crippen LogP contribution is 2.35. The van der Waals surface area contributed by atoms with Crippen LogP contribution >= 0.6 is 11.8 Å². The zero-order chi connectivity index (χ0) is 15.8. The zero-order valence-corrected chi connectivity index (χ0v) is 13.4. The summed E-state index contributed by atoms with van der Waals surface area (Å²) in [7, 11) is 0. The van der Waals surface area contributed by atoms with Gasteiger partial charge < -0.3 is 14.4 Å². The Morgan fingerprint density at radius 1 is 1.38 bits per heavy atom. The van der Waals surface area contributed by atoms with Crippen LogP contribution in [-0.4, -0.2) is 40.2 Å². The first-order valence-corrected chi connectivity index (χ1v) is 7.79. The van der Waals surface area contributed by atoms with E-state index in [0.29, 0.717) is 17.7 Å². The van der Waals surface area contributed by atoms with Crippen LogP contribution < -0.4 is 0 Å². The summed E-state index contributed by atoms with van der Waals surface area (Å²) in [6.07, 6.45) is 1.09. The van der Waals surface area contributed by atoms with E-state index in [4.69, 9.17) is 9.47 Å². The lowest BCUT2D eigenvalue weighted by Crippen LogP contribution is -2.49. The minimum atomic E-state index is -0.958. The number of esters is 2. The molecule has 0 saturated carbocycles. The molecular weight excluding hydrogens is 294 g/mol. The van der Waals surface area contributed by atoms with Crippen molar-refractivity contribution in [2.24, 2.45) is 5.41 Å². The number of carbonyl (C=O) groups excluding carboxylic acids is 3. The lowest BCUT2D eigenvalue weighted by Gasteiger charge is -2.40. The van der Waals surface area contributed by atoms with Crippen LogP contribution in [0.3, 0.4) is 0 Å². The molecule has 0 bridgehead atoms. The maximum Gasteiger partial charge on any atom is 0.339 e. The van der Waals surface area contributed by atoms with E-state index in [2.05, 4.69) is 0 Å². The van der Waals surface area contributed by atoms with Gasteiger partial charge in [-0.05, 0) is 20.8 Å². The molecule has 0 spiro atoms. The molecule has 2 rings (SSSR count). The second kappa shape index (κ2) is 5.71. The fraction of sp³-hybridized carbons (Fsp3) is 0.643. The Labute approximate surface area is 127 Å². The van der Waals surface area contributed by atoms with Gasteiger partial charge in [-0.2, -0.15) is 0 Å². The normalized spacial score (nSPS) is 22.7. The van der Waals surface area contributed by atoms with E-state index >= 15 is 0 Å².